The lowest BCUT2D eigenvalue weighted by Crippen LogP contribution is -2.00. The number of hydrogen-bond acceptors (Lipinski definition) is 3. The molecule has 1 aliphatic rings. The molecule has 1 heterocycles. The van der Waals surface area contributed by atoms with Crippen LogP contribution >= 0.6 is 0 Å². The van der Waals surface area contributed by atoms with Gasteiger partial charge in [-0.1, -0.05) is 23.4 Å². The predicted molar refractivity (Wildman–Crippen MR) is 52.7 cm³/mol. The predicted octanol–water partition coefficient (Wildman–Crippen LogP) is 2.40. The molecule has 1 atom stereocenters. The van der Waals surface area contributed by atoms with Crippen molar-refractivity contribution >= 4 is 5.71 Å². The van der Waals surface area contributed by atoms with E-state index in [-0.39, 0.29) is 6.10 Å². The summed E-state index contributed by atoms with van der Waals surface area (Å²) in [6.07, 6.45) is 0.699. The van der Waals surface area contributed by atoms with Crippen molar-refractivity contribution in [1.82, 2.24) is 0 Å². The molecule has 0 saturated heterocycles. The van der Waals surface area contributed by atoms with Crippen molar-refractivity contribution in [2.75, 3.05) is 0 Å². The minimum absolute atomic E-state index is 0.0779. The maximum Gasteiger partial charge on any atom is 0.159 e. The third kappa shape index (κ3) is 1.47. The van der Waals surface area contributed by atoms with Gasteiger partial charge < -0.3 is 4.84 Å². The van der Waals surface area contributed by atoms with Crippen molar-refractivity contribution in [3.8, 4) is 6.07 Å². The molecule has 14 heavy (non-hydrogen) atoms. The van der Waals surface area contributed by atoms with Gasteiger partial charge >= 0.3 is 0 Å². The largest absolute Gasteiger partial charge is 0.387 e. The van der Waals surface area contributed by atoms with E-state index in [4.69, 9.17) is 10.1 Å². The highest BCUT2D eigenvalue weighted by atomic mass is 16.6. The fourth-order valence-electron chi connectivity index (χ4n) is 1.54. The lowest BCUT2D eigenvalue weighted by atomic mass is 10.0. The van der Waals surface area contributed by atoms with Crippen LogP contribution in [0, 0.1) is 11.3 Å². The molecule has 0 saturated carbocycles. The van der Waals surface area contributed by atoms with E-state index in [2.05, 4.69) is 11.2 Å². The highest BCUT2D eigenvalue weighted by Crippen LogP contribution is 2.28. The summed E-state index contributed by atoms with van der Waals surface area (Å²) in [7, 11) is 0. The standard InChI is InChI=1S/C11H10N2O/c1-8-6-11(14-13-8)10-5-3-2-4-9(10)7-12/h2-5,11H,6H2,1H3. The van der Waals surface area contributed by atoms with Crippen LogP contribution in [0.5, 0.6) is 0 Å². The second kappa shape index (κ2) is 3.51. The van der Waals surface area contributed by atoms with E-state index in [1.807, 2.05) is 25.1 Å². The van der Waals surface area contributed by atoms with Crippen molar-refractivity contribution < 1.29 is 4.84 Å². The van der Waals surface area contributed by atoms with Gasteiger partial charge in [0, 0.05) is 12.0 Å². The van der Waals surface area contributed by atoms with Crippen LogP contribution in [-0.4, -0.2) is 5.71 Å². The molecule has 0 fully saturated rings. The monoisotopic (exact) mass is 186 g/mol. The van der Waals surface area contributed by atoms with E-state index < -0.39 is 0 Å². The summed E-state index contributed by atoms with van der Waals surface area (Å²) in [6.45, 7) is 1.93. The van der Waals surface area contributed by atoms with Gasteiger partial charge in [-0.3, -0.25) is 0 Å². The lowest BCUT2D eigenvalue weighted by Gasteiger charge is -2.09. The molecule has 70 valence electrons. The van der Waals surface area contributed by atoms with Crippen molar-refractivity contribution in [2.45, 2.75) is 19.4 Å². The van der Waals surface area contributed by atoms with Gasteiger partial charge in [-0.2, -0.15) is 5.26 Å². The maximum atomic E-state index is 8.90. The third-order valence-electron chi connectivity index (χ3n) is 2.24. The first-order chi connectivity index (χ1) is 6.81. The van der Waals surface area contributed by atoms with Gasteiger partial charge in [0.05, 0.1) is 17.3 Å². The number of rotatable bonds is 1. The van der Waals surface area contributed by atoms with Crippen molar-refractivity contribution in [3.05, 3.63) is 35.4 Å². The van der Waals surface area contributed by atoms with Crippen LogP contribution in [0.2, 0.25) is 0 Å². The Balaban J connectivity index is 2.30. The average molecular weight is 186 g/mol. The second-order valence-electron chi connectivity index (χ2n) is 3.32. The highest BCUT2D eigenvalue weighted by molar-refractivity contribution is 5.83. The number of nitrogens with zero attached hydrogens (tertiary/aromatic N) is 2. The van der Waals surface area contributed by atoms with Gasteiger partial charge in [0.2, 0.25) is 0 Å². The summed E-state index contributed by atoms with van der Waals surface area (Å²) in [5.74, 6) is 0. The van der Waals surface area contributed by atoms with Gasteiger partial charge in [0.25, 0.3) is 0 Å². The fraction of sp³-hybridized carbons (Fsp3) is 0.273. The zero-order valence-corrected chi connectivity index (χ0v) is 7.90. The number of benzene rings is 1. The Morgan fingerprint density at radius 2 is 2.29 bits per heavy atom. The normalized spacial score (nSPS) is 19.7. The number of oxime groups is 1. The first-order valence-electron chi connectivity index (χ1n) is 4.49. The first-order valence-corrected chi connectivity index (χ1v) is 4.49. The van der Waals surface area contributed by atoms with Crippen molar-refractivity contribution in [3.63, 3.8) is 0 Å². The van der Waals surface area contributed by atoms with Crippen LogP contribution < -0.4 is 0 Å². The van der Waals surface area contributed by atoms with Gasteiger partial charge in [-0.15, -0.1) is 0 Å². The zero-order chi connectivity index (χ0) is 9.97. The topological polar surface area (TPSA) is 45.4 Å². The summed E-state index contributed by atoms with van der Waals surface area (Å²) >= 11 is 0. The molecule has 0 bridgehead atoms. The van der Waals surface area contributed by atoms with Gasteiger partial charge in [-0.05, 0) is 13.0 Å². The second-order valence-corrected chi connectivity index (χ2v) is 3.32. The molecule has 1 aromatic carbocycles. The molecule has 1 aromatic rings. The molecule has 0 amide bonds. The van der Waals surface area contributed by atoms with Crippen LogP contribution in [0.4, 0.5) is 0 Å². The quantitative estimate of drug-likeness (QED) is 0.676. The van der Waals surface area contributed by atoms with E-state index >= 15 is 0 Å². The molecule has 0 aromatic heterocycles. The Morgan fingerprint density at radius 1 is 1.50 bits per heavy atom. The Hall–Kier alpha value is -1.82. The minimum atomic E-state index is -0.0779. The van der Waals surface area contributed by atoms with E-state index in [0.29, 0.717) is 5.56 Å². The van der Waals surface area contributed by atoms with Crippen LogP contribution in [0.15, 0.2) is 29.4 Å². The van der Waals surface area contributed by atoms with Gasteiger partial charge in [0.15, 0.2) is 6.10 Å². The molecule has 0 aliphatic carbocycles. The molecule has 2 rings (SSSR count). The van der Waals surface area contributed by atoms with E-state index in [9.17, 15) is 0 Å². The molecule has 1 aliphatic heterocycles. The van der Waals surface area contributed by atoms with Gasteiger partial charge in [0.1, 0.15) is 0 Å². The molecule has 3 heteroatoms. The lowest BCUT2D eigenvalue weighted by molar-refractivity contribution is 0.0855. The Kier molecular flexibility index (Phi) is 2.19. The summed E-state index contributed by atoms with van der Waals surface area (Å²) in [5.41, 5.74) is 2.57. The smallest absolute Gasteiger partial charge is 0.159 e. The summed E-state index contributed by atoms with van der Waals surface area (Å²) < 4.78 is 0. The summed E-state index contributed by atoms with van der Waals surface area (Å²) in [6, 6.07) is 9.63. The molecule has 0 N–H and O–H groups in total. The molecular weight excluding hydrogens is 176 g/mol. The van der Waals surface area contributed by atoms with Crippen molar-refractivity contribution in [2.24, 2.45) is 5.16 Å². The Labute approximate surface area is 82.6 Å². The highest BCUT2D eigenvalue weighted by Gasteiger charge is 2.22. The Bertz CT molecular complexity index is 418. The summed E-state index contributed by atoms with van der Waals surface area (Å²) in [5, 5.41) is 12.8. The van der Waals surface area contributed by atoms with Crippen LogP contribution in [0.3, 0.4) is 0 Å². The fourth-order valence-corrected chi connectivity index (χ4v) is 1.54. The average Bonchev–Trinajstić information content (AvgIpc) is 2.65. The minimum Gasteiger partial charge on any atom is -0.387 e. The first kappa shape index (κ1) is 8.76. The molecule has 3 nitrogen and oxygen atoms in total. The molecule has 1 unspecified atom stereocenters. The maximum absolute atomic E-state index is 8.90. The SMILES string of the molecule is CC1=NOC(c2ccccc2C#N)C1. The van der Waals surface area contributed by atoms with E-state index in [1.165, 1.54) is 0 Å². The van der Waals surface area contributed by atoms with Crippen LogP contribution in [0.25, 0.3) is 0 Å². The molecule has 0 radical (unpaired) electrons. The van der Waals surface area contributed by atoms with Crippen LogP contribution in [0.1, 0.15) is 30.6 Å². The number of nitriles is 1. The van der Waals surface area contributed by atoms with E-state index in [1.54, 1.807) is 6.07 Å². The zero-order valence-electron chi connectivity index (χ0n) is 7.90. The Morgan fingerprint density at radius 3 is 2.93 bits per heavy atom. The number of hydrogen-bond donors (Lipinski definition) is 0. The molecular formula is C11H10N2O. The van der Waals surface area contributed by atoms with E-state index in [0.717, 1.165) is 17.7 Å². The van der Waals surface area contributed by atoms with Crippen molar-refractivity contribution in [1.29, 1.82) is 5.26 Å². The molecule has 0 spiro atoms. The van der Waals surface area contributed by atoms with Gasteiger partial charge in [-0.25, -0.2) is 0 Å². The third-order valence-corrected chi connectivity index (χ3v) is 2.24. The summed E-state index contributed by atoms with van der Waals surface area (Å²) in [4.78, 5) is 5.23. The van der Waals surface area contributed by atoms with Crippen LogP contribution in [-0.2, 0) is 4.84 Å².